The fraction of sp³-hybridized carbons (Fsp3) is 0.294. The van der Waals surface area contributed by atoms with Gasteiger partial charge < -0.3 is 27.2 Å². The van der Waals surface area contributed by atoms with E-state index >= 15 is 0 Å². The molecule has 13 heteroatoms. The summed E-state index contributed by atoms with van der Waals surface area (Å²) < 4.78 is 14.3. The summed E-state index contributed by atoms with van der Waals surface area (Å²) in [6.07, 6.45) is 0.544. The van der Waals surface area contributed by atoms with Crippen molar-refractivity contribution >= 4 is 35.2 Å². The minimum atomic E-state index is -1.27. The molecule has 2 rings (SSSR count). The largest absolute Gasteiger partial charge is 0.480 e. The number of aromatic amines is 1. The lowest BCUT2D eigenvalue weighted by Gasteiger charge is -2.17. The maximum Gasteiger partial charge on any atom is 0.326 e. The number of hydrogen-bond acceptors (Lipinski definition) is 8. The molecule has 0 aliphatic carbocycles. The van der Waals surface area contributed by atoms with Gasteiger partial charge in [-0.1, -0.05) is 13.8 Å². The number of halogens is 1. The molecule has 0 radical (unpaired) electrons. The molecule has 0 unspecified atom stereocenters. The average Bonchev–Trinajstić information content (AvgIpc) is 2.62. The highest BCUT2D eigenvalue weighted by atomic mass is 19.1. The average molecular weight is 421 g/mol. The second-order valence-electron chi connectivity index (χ2n) is 6.63. The van der Waals surface area contributed by atoms with E-state index in [-0.39, 0.29) is 23.0 Å². The molecule has 160 valence electrons. The van der Waals surface area contributed by atoms with Crippen molar-refractivity contribution in [3.8, 4) is 0 Å². The first-order chi connectivity index (χ1) is 14.0. The lowest BCUT2D eigenvalue weighted by molar-refractivity contribution is -0.140. The smallest absolute Gasteiger partial charge is 0.326 e. The Kier molecular flexibility index (Phi) is 6.66. The van der Waals surface area contributed by atoms with Crippen LogP contribution in [0.4, 0.5) is 21.8 Å². The first-order valence-electron chi connectivity index (χ1n) is 8.62. The lowest BCUT2D eigenvalue weighted by atomic mass is 10.0. The van der Waals surface area contributed by atoms with Crippen molar-refractivity contribution in [1.82, 2.24) is 20.3 Å². The highest BCUT2D eigenvalue weighted by molar-refractivity contribution is 5.96. The topological polar surface area (TPSA) is 206 Å². The Hall–Kier alpha value is -4.03. The number of rotatable bonds is 7. The highest BCUT2D eigenvalue weighted by Crippen LogP contribution is 2.14. The van der Waals surface area contributed by atoms with Crippen LogP contribution < -0.4 is 27.7 Å². The molecular formula is C17H20FN7O5. The van der Waals surface area contributed by atoms with Crippen LogP contribution in [0.1, 0.15) is 29.9 Å². The fourth-order valence-electron chi connectivity index (χ4n) is 2.47. The predicted octanol–water partition coefficient (Wildman–Crippen LogP) is -0.511. The number of carbonyl (C=O) groups is 3. The third kappa shape index (κ3) is 5.27. The molecule has 12 nitrogen and oxygen atoms in total. The molecule has 0 saturated carbocycles. The third-order valence-electron chi connectivity index (χ3n) is 3.96. The molecule has 0 spiro atoms. The number of carbonyl (C=O) groups excluding carboxylic acids is 2. The van der Waals surface area contributed by atoms with Gasteiger partial charge in [-0.2, -0.15) is 4.98 Å². The van der Waals surface area contributed by atoms with E-state index in [0.29, 0.717) is 0 Å². The standard InChI is InChI=1S/C17H20FN7O5/c1-6(2)11(16(29)30)23-15(28)12-9(18)3-7(5-21-12)22-10(26)4-8-13(19)24-17(20)25-14(8)27/h3,5-6,11H,4H2,1-2H3,(H,22,26)(H,23,28)(H,29,30)(H5,19,20,24,25,27)/t11-/m0/s1. The zero-order valence-corrected chi connectivity index (χ0v) is 16.0. The second-order valence-corrected chi connectivity index (χ2v) is 6.63. The van der Waals surface area contributed by atoms with Gasteiger partial charge in [0.25, 0.3) is 11.5 Å². The van der Waals surface area contributed by atoms with Crippen LogP contribution in [0.15, 0.2) is 17.1 Å². The monoisotopic (exact) mass is 421 g/mol. The third-order valence-corrected chi connectivity index (χ3v) is 3.96. The number of pyridine rings is 1. The first-order valence-corrected chi connectivity index (χ1v) is 8.62. The summed E-state index contributed by atoms with van der Waals surface area (Å²) in [6.45, 7) is 3.16. The lowest BCUT2D eigenvalue weighted by Crippen LogP contribution is -2.44. The number of nitrogens with two attached hydrogens (primary N) is 2. The van der Waals surface area contributed by atoms with Crippen molar-refractivity contribution < 1.29 is 23.9 Å². The zero-order chi connectivity index (χ0) is 22.6. The molecule has 2 amide bonds. The molecule has 0 aliphatic heterocycles. The Morgan fingerprint density at radius 1 is 1.30 bits per heavy atom. The van der Waals surface area contributed by atoms with Gasteiger partial charge in [0.1, 0.15) is 11.9 Å². The fourth-order valence-corrected chi connectivity index (χ4v) is 2.47. The van der Waals surface area contributed by atoms with E-state index in [1.807, 2.05) is 0 Å². The number of carboxylic acids is 1. The van der Waals surface area contributed by atoms with Gasteiger partial charge >= 0.3 is 5.97 Å². The van der Waals surface area contributed by atoms with E-state index in [1.165, 1.54) is 0 Å². The summed E-state index contributed by atoms with van der Waals surface area (Å²) in [5.74, 6) is -4.95. The van der Waals surface area contributed by atoms with Crippen LogP contribution in [0.2, 0.25) is 0 Å². The van der Waals surface area contributed by atoms with Gasteiger partial charge in [0.15, 0.2) is 11.5 Å². The van der Waals surface area contributed by atoms with Gasteiger partial charge in [0.2, 0.25) is 11.9 Å². The van der Waals surface area contributed by atoms with Gasteiger partial charge in [-0.3, -0.25) is 19.4 Å². The van der Waals surface area contributed by atoms with Crippen molar-refractivity contribution in [2.75, 3.05) is 16.8 Å². The van der Waals surface area contributed by atoms with E-state index in [0.717, 1.165) is 12.3 Å². The molecule has 0 saturated heterocycles. The molecule has 0 fully saturated rings. The van der Waals surface area contributed by atoms with Gasteiger partial charge in [-0.25, -0.2) is 14.2 Å². The van der Waals surface area contributed by atoms with Crippen LogP contribution in [0, 0.1) is 11.7 Å². The molecule has 2 heterocycles. The first kappa shape index (κ1) is 22.3. The number of hydrogen-bond donors (Lipinski definition) is 6. The van der Waals surface area contributed by atoms with E-state index in [9.17, 15) is 23.6 Å². The Morgan fingerprint density at radius 2 is 1.97 bits per heavy atom. The highest BCUT2D eigenvalue weighted by Gasteiger charge is 2.26. The molecule has 30 heavy (non-hydrogen) atoms. The summed E-state index contributed by atoms with van der Waals surface area (Å²) in [5.41, 5.74) is 9.37. The number of aliphatic carboxylic acids is 1. The Morgan fingerprint density at radius 3 is 2.50 bits per heavy atom. The number of aromatic nitrogens is 3. The Balaban J connectivity index is 2.12. The van der Waals surface area contributed by atoms with E-state index in [2.05, 4.69) is 25.6 Å². The summed E-state index contributed by atoms with van der Waals surface area (Å²) in [7, 11) is 0. The molecule has 0 aliphatic rings. The van der Waals surface area contributed by atoms with Gasteiger partial charge in [-0.15, -0.1) is 0 Å². The quantitative estimate of drug-likeness (QED) is 0.340. The van der Waals surface area contributed by atoms with Crippen molar-refractivity contribution in [3.05, 3.63) is 39.7 Å². The van der Waals surface area contributed by atoms with Gasteiger partial charge in [0, 0.05) is 6.07 Å². The minimum absolute atomic E-state index is 0.0916. The Labute approximate surface area is 168 Å². The van der Waals surface area contributed by atoms with Crippen molar-refractivity contribution in [2.45, 2.75) is 26.3 Å². The van der Waals surface area contributed by atoms with Crippen LogP contribution >= 0.6 is 0 Å². The molecular weight excluding hydrogens is 401 g/mol. The van der Waals surface area contributed by atoms with Crippen LogP contribution in [0.3, 0.4) is 0 Å². The second kappa shape index (κ2) is 8.98. The number of anilines is 3. The van der Waals surface area contributed by atoms with E-state index in [4.69, 9.17) is 16.6 Å². The van der Waals surface area contributed by atoms with Crippen LogP contribution in [0.25, 0.3) is 0 Å². The summed E-state index contributed by atoms with van der Waals surface area (Å²) in [4.78, 5) is 56.7. The summed E-state index contributed by atoms with van der Waals surface area (Å²) >= 11 is 0. The molecule has 2 aromatic rings. The normalized spacial score (nSPS) is 11.7. The molecule has 8 N–H and O–H groups in total. The number of nitrogen functional groups attached to an aromatic ring is 2. The SMILES string of the molecule is CC(C)[C@H](NC(=O)c1ncc(NC(=O)Cc2c(N)nc(N)[nH]c2=O)cc1F)C(=O)O. The number of carboxylic acid groups (broad SMARTS) is 1. The van der Waals surface area contributed by atoms with Gasteiger partial charge in [-0.05, 0) is 5.92 Å². The van der Waals surface area contributed by atoms with E-state index in [1.54, 1.807) is 13.8 Å². The molecule has 2 aromatic heterocycles. The molecule has 0 aromatic carbocycles. The van der Waals surface area contributed by atoms with Crippen molar-refractivity contribution in [2.24, 2.45) is 5.92 Å². The van der Waals surface area contributed by atoms with Crippen LogP contribution in [-0.2, 0) is 16.0 Å². The number of nitrogens with one attached hydrogen (secondary N) is 3. The van der Waals surface area contributed by atoms with Gasteiger partial charge in [0.05, 0.1) is 23.9 Å². The van der Waals surface area contributed by atoms with Crippen molar-refractivity contribution in [1.29, 1.82) is 0 Å². The Bertz CT molecular complexity index is 1050. The summed E-state index contributed by atoms with van der Waals surface area (Å²) in [5, 5.41) is 13.6. The van der Waals surface area contributed by atoms with Crippen LogP contribution in [-0.4, -0.2) is 43.9 Å². The molecule has 0 bridgehead atoms. The maximum atomic E-state index is 14.3. The van der Waals surface area contributed by atoms with E-state index < -0.39 is 53.2 Å². The van der Waals surface area contributed by atoms with Crippen molar-refractivity contribution in [3.63, 3.8) is 0 Å². The minimum Gasteiger partial charge on any atom is -0.480 e. The zero-order valence-electron chi connectivity index (χ0n) is 16.0. The van der Waals surface area contributed by atoms with Crippen LogP contribution in [0.5, 0.6) is 0 Å². The maximum absolute atomic E-state index is 14.3. The number of H-pyrrole nitrogens is 1. The number of amides is 2. The summed E-state index contributed by atoms with van der Waals surface area (Å²) in [6, 6.07) is -0.394. The molecule has 1 atom stereocenters. The number of nitrogens with zero attached hydrogens (tertiary/aromatic N) is 2. The predicted molar refractivity (Wildman–Crippen MR) is 104 cm³/mol.